The van der Waals surface area contributed by atoms with Crippen molar-refractivity contribution in [2.24, 2.45) is 13.0 Å². The molecule has 1 atom stereocenters. The molecule has 1 fully saturated rings. The van der Waals surface area contributed by atoms with Crippen LogP contribution in [0.2, 0.25) is 0 Å². The molecule has 2 heterocycles. The molecule has 8 nitrogen and oxygen atoms in total. The van der Waals surface area contributed by atoms with Crippen molar-refractivity contribution >= 4 is 23.8 Å². The fourth-order valence-electron chi connectivity index (χ4n) is 1.70. The molecule has 1 aliphatic rings. The van der Waals surface area contributed by atoms with Gasteiger partial charge in [-0.1, -0.05) is 0 Å². The standard InChI is InChI=1S/C8H11N5O3/c1-12-8(10-7(9)11-12)13-3-4(6(15)16)2-5(13)14/h4H,2-3H2,1H3,(H2,9,11)(H,15,16). The summed E-state index contributed by atoms with van der Waals surface area (Å²) in [6.45, 7) is 0.111. The van der Waals surface area contributed by atoms with Crippen LogP contribution in [0.1, 0.15) is 6.42 Å². The van der Waals surface area contributed by atoms with Crippen LogP contribution in [0.25, 0.3) is 0 Å². The Balaban J connectivity index is 2.26. The molecule has 1 amide bonds. The lowest BCUT2D eigenvalue weighted by molar-refractivity contribution is -0.141. The van der Waals surface area contributed by atoms with Gasteiger partial charge >= 0.3 is 5.97 Å². The number of carboxylic acid groups (broad SMARTS) is 1. The average molecular weight is 225 g/mol. The van der Waals surface area contributed by atoms with Crippen LogP contribution in [-0.4, -0.2) is 38.3 Å². The number of hydrogen-bond donors (Lipinski definition) is 2. The Morgan fingerprint density at radius 2 is 2.31 bits per heavy atom. The van der Waals surface area contributed by atoms with Gasteiger partial charge in [-0.3, -0.25) is 14.5 Å². The number of carbonyl (C=O) groups excluding carboxylic acids is 1. The Morgan fingerprint density at radius 3 is 2.75 bits per heavy atom. The van der Waals surface area contributed by atoms with Gasteiger partial charge in [-0.2, -0.15) is 4.98 Å². The second-order valence-electron chi connectivity index (χ2n) is 3.64. The topological polar surface area (TPSA) is 114 Å². The Hall–Kier alpha value is -2.12. The minimum atomic E-state index is -0.981. The lowest BCUT2D eigenvalue weighted by atomic mass is 10.1. The van der Waals surface area contributed by atoms with Crippen LogP contribution in [0.3, 0.4) is 0 Å². The summed E-state index contributed by atoms with van der Waals surface area (Å²) in [6, 6.07) is 0. The molecule has 0 aromatic carbocycles. The lowest BCUT2D eigenvalue weighted by Gasteiger charge is -2.13. The van der Waals surface area contributed by atoms with E-state index < -0.39 is 11.9 Å². The Kier molecular flexibility index (Phi) is 2.26. The van der Waals surface area contributed by atoms with Crippen molar-refractivity contribution in [3.8, 4) is 0 Å². The highest BCUT2D eigenvalue weighted by Gasteiger charge is 2.37. The molecule has 3 N–H and O–H groups in total. The molecule has 1 aromatic rings. The second kappa shape index (κ2) is 3.47. The number of aryl methyl sites for hydroxylation is 1. The average Bonchev–Trinajstić information content (AvgIpc) is 2.69. The first-order valence-electron chi connectivity index (χ1n) is 4.68. The molecule has 0 saturated carbocycles. The van der Waals surface area contributed by atoms with Gasteiger partial charge in [0, 0.05) is 20.0 Å². The highest BCUT2D eigenvalue weighted by molar-refractivity contribution is 5.98. The molecule has 1 aromatic heterocycles. The van der Waals surface area contributed by atoms with E-state index in [1.165, 1.54) is 9.58 Å². The summed E-state index contributed by atoms with van der Waals surface area (Å²) in [5, 5.41) is 12.6. The molecule has 8 heteroatoms. The fraction of sp³-hybridized carbons (Fsp3) is 0.500. The number of anilines is 2. The molecule has 0 aliphatic carbocycles. The molecule has 0 bridgehead atoms. The van der Waals surface area contributed by atoms with Crippen molar-refractivity contribution in [2.75, 3.05) is 17.2 Å². The predicted molar refractivity (Wildman–Crippen MR) is 53.5 cm³/mol. The first kappa shape index (κ1) is 10.4. The number of aromatic nitrogens is 3. The number of nitrogens with two attached hydrogens (primary N) is 1. The van der Waals surface area contributed by atoms with Gasteiger partial charge in [-0.15, -0.1) is 5.10 Å². The first-order chi connectivity index (χ1) is 7.49. The predicted octanol–water partition coefficient (Wildman–Crippen LogP) is -1.17. The number of rotatable bonds is 2. The zero-order valence-corrected chi connectivity index (χ0v) is 8.62. The van der Waals surface area contributed by atoms with Crippen LogP contribution in [-0.2, 0) is 16.6 Å². The van der Waals surface area contributed by atoms with Crippen LogP contribution in [0.4, 0.5) is 11.9 Å². The van der Waals surface area contributed by atoms with E-state index in [-0.39, 0.29) is 30.8 Å². The number of nitrogen functional groups attached to an aromatic ring is 1. The van der Waals surface area contributed by atoms with Gasteiger partial charge in [-0.25, -0.2) is 4.68 Å². The molecule has 2 rings (SSSR count). The van der Waals surface area contributed by atoms with Crippen molar-refractivity contribution in [3.63, 3.8) is 0 Å². The van der Waals surface area contributed by atoms with Crippen molar-refractivity contribution < 1.29 is 14.7 Å². The number of amides is 1. The van der Waals surface area contributed by atoms with Gasteiger partial charge in [0.15, 0.2) is 0 Å². The van der Waals surface area contributed by atoms with Gasteiger partial charge < -0.3 is 10.8 Å². The van der Waals surface area contributed by atoms with Gasteiger partial charge in [0.25, 0.3) is 0 Å². The van der Waals surface area contributed by atoms with Crippen molar-refractivity contribution in [1.29, 1.82) is 0 Å². The van der Waals surface area contributed by atoms with Crippen molar-refractivity contribution in [2.45, 2.75) is 6.42 Å². The normalized spacial score (nSPS) is 20.4. The second-order valence-corrected chi connectivity index (χ2v) is 3.64. The molecule has 0 spiro atoms. The smallest absolute Gasteiger partial charge is 0.308 e. The van der Waals surface area contributed by atoms with Crippen LogP contribution >= 0.6 is 0 Å². The Bertz CT molecular complexity index is 455. The van der Waals surface area contributed by atoms with E-state index in [4.69, 9.17) is 10.8 Å². The molecule has 1 unspecified atom stereocenters. The zero-order chi connectivity index (χ0) is 11.9. The van der Waals surface area contributed by atoms with Gasteiger partial charge in [0.2, 0.25) is 17.8 Å². The molecule has 1 aliphatic heterocycles. The molecule has 86 valence electrons. The maximum Gasteiger partial charge on any atom is 0.308 e. The Morgan fingerprint density at radius 1 is 1.62 bits per heavy atom. The van der Waals surface area contributed by atoms with E-state index in [9.17, 15) is 9.59 Å². The summed E-state index contributed by atoms with van der Waals surface area (Å²) in [5.41, 5.74) is 5.39. The minimum Gasteiger partial charge on any atom is -0.481 e. The maximum atomic E-state index is 11.6. The first-order valence-corrected chi connectivity index (χ1v) is 4.68. The summed E-state index contributed by atoms with van der Waals surface area (Å²) < 4.78 is 1.36. The quantitative estimate of drug-likeness (QED) is 0.655. The van der Waals surface area contributed by atoms with Crippen LogP contribution in [0.15, 0.2) is 0 Å². The number of nitrogens with zero attached hydrogens (tertiary/aromatic N) is 4. The number of carbonyl (C=O) groups is 2. The van der Waals surface area contributed by atoms with Crippen molar-refractivity contribution in [1.82, 2.24) is 14.8 Å². The van der Waals surface area contributed by atoms with Gasteiger partial charge in [-0.05, 0) is 0 Å². The van der Waals surface area contributed by atoms with E-state index in [1.54, 1.807) is 7.05 Å². The minimum absolute atomic E-state index is 0.0118. The lowest BCUT2D eigenvalue weighted by Crippen LogP contribution is -2.28. The summed E-state index contributed by atoms with van der Waals surface area (Å²) in [6.07, 6.45) is -0.0118. The van der Waals surface area contributed by atoms with Crippen LogP contribution < -0.4 is 10.6 Å². The van der Waals surface area contributed by atoms with E-state index >= 15 is 0 Å². The SMILES string of the molecule is Cn1nc(N)nc1N1CC(C(=O)O)CC1=O. The maximum absolute atomic E-state index is 11.6. The molecule has 1 saturated heterocycles. The molecule has 0 radical (unpaired) electrons. The van der Waals surface area contributed by atoms with Gasteiger partial charge in [0.1, 0.15) is 0 Å². The molecular formula is C8H11N5O3. The largest absolute Gasteiger partial charge is 0.481 e. The monoisotopic (exact) mass is 225 g/mol. The summed E-state index contributed by atoms with van der Waals surface area (Å²) >= 11 is 0. The van der Waals surface area contributed by atoms with E-state index in [0.29, 0.717) is 0 Å². The third-order valence-electron chi connectivity index (χ3n) is 2.47. The molecular weight excluding hydrogens is 214 g/mol. The van der Waals surface area contributed by atoms with E-state index in [2.05, 4.69) is 10.1 Å². The van der Waals surface area contributed by atoms with E-state index in [1.807, 2.05) is 0 Å². The number of aliphatic carboxylic acids is 1. The third-order valence-corrected chi connectivity index (χ3v) is 2.47. The van der Waals surface area contributed by atoms with Crippen LogP contribution in [0.5, 0.6) is 0 Å². The zero-order valence-electron chi connectivity index (χ0n) is 8.62. The highest BCUT2D eigenvalue weighted by Crippen LogP contribution is 2.23. The Labute approximate surface area is 90.7 Å². The highest BCUT2D eigenvalue weighted by atomic mass is 16.4. The van der Waals surface area contributed by atoms with Gasteiger partial charge in [0.05, 0.1) is 5.92 Å². The van der Waals surface area contributed by atoms with Crippen LogP contribution in [0, 0.1) is 5.92 Å². The van der Waals surface area contributed by atoms with E-state index in [0.717, 1.165) is 0 Å². The third kappa shape index (κ3) is 1.58. The summed E-state index contributed by atoms with van der Waals surface area (Å²) in [4.78, 5) is 27.5. The molecule has 16 heavy (non-hydrogen) atoms. The number of hydrogen-bond acceptors (Lipinski definition) is 5. The van der Waals surface area contributed by atoms with Crippen molar-refractivity contribution in [3.05, 3.63) is 0 Å². The summed E-state index contributed by atoms with van der Waals surface area (Å²) in [5.74, 6) is -1.60. The summed E-state index contributed by atoms with van der Waals surface area (Å²) in [7, 11) is 1.60. The fourth-order valence-corrected chi connectivity index (χ4v) is 1.70. The number of carboxylic acids is 1.